The van der Waals surface area contributed by atoms with Gasteiger partial charge in [-0.15, -0.1) is 0 Å². The van der Waals surface area contributed by atoms with Crippen LogP contribution in [0.25, 0.3) is 0 Å². The van der Waals surface area contributed by atoms with Crippen molar-refractivity contribution in [2.75, 3.05) is 10.6 Å². The Hall–Kier alpha value is -1.95. The van der Waals surface area contributed by atoms with E-state index in [2.05, 4.69) is 26.3 Å². The molecule has 1 heterocycles. The number of nitrogens with one attached hydrogen (secondary N) is 1. The minimum Gasteiger partial charge on any atom is -0.322 e. The fourth-order valence-electron chi connectivity index (χ4n) is 1.97. The number of hydrogen-bond acceptors (Lipinski definition) is 3. The number of halogens is 1. The predicted molar refractivity (Wildman–Crippen MR) is 80.2 cm³/mol. The van der Waals surface area contributed by atoms with Crippen LogP contribution in [0.15, 0.2) is 30.3 Å². The molecular weight excluding hydrogens is 322 g/mol. The Labute approximate surface area is 125 Å². The molecule has 2 aromatic rings. The highest BCUT2D eigenvalue weighted by Gasteiger charge is 2.22. The molecule has 0 spiro atoms. The number of hydrogen-bond donors (Lipinski definition) is 1. The van der Waals surface area contributed by atoms with Crippen LogP contribution in [-0.2, 0) is 11.8 Å². The van der Waals surface area contributed by atoms with E-state index in [9.17, 15) is 9.59 Å². The van der Waals surface area contributed by atoms with Gasteiger partial charge in [0, 0.05) is 12.6 Å². The van der Waals surface area contributed by atoms with E-state index in [-0.39, 0.29) is 17.0 Å². The molecule has 0 aliphatic rings. The molecule has 0 aliphatic heterocycles. The van der Waals surface area contributed by atoms with Crippen molar-refractivity contribution in [3.8, 4) is 0 Å². The van der Waals surface area contributed by atoms with E-state index >= 15 is 0 Å². The Morgan fingerprint density at radius 3 is 2.55 bits per heavy atom. The molecular formula is C14H14BrN3O2. The van der Waals surface area contributed by atoms with Crippen molar-refractivity contribution in [3.05, 3.63) is 47.3 Å². The number of rotatable bonds is 4. The summed E-state index contributed by atoms with van der Waals surface area (Å²) in [5, 5.41) is 7.09. The summed E-state index contributed by atoms with van der Waals surface area (Å²) in [6, 6.07) is 8.92. The summed E-state index contributed by atoms with van der Waals surface area (Å²) in [6.45, 7) is 1.76. The third-order valence-electron chi connectivity index (χ3n) is 2.86. The highest BCUT2D eigenvalue weighted by atomic mass is 79.9. The lowest BCUT2D eigenvalue weighted by Gasteiger charge is -2.07. The Morgan fingerprint density at radius 2 is 1.95 bits per heavy atom. The largest absolute Gasteiger partial charge is 0.322 e. The Kier molecular flexibility index (Phi) is 4.34. The molecule has 1 amide bonds. The summed E-state index contributed by atoms with van der Waals surface area (Å²) in [6.07, 6.45) is 0. The number of ketones is 1. The van der Waals surface area contributed by atoms with E-state index in [0.717, 1.165) is 0 Å². The van der Waals surface area contributed by atoms with Gasteiger partial charge in [-0.05, 0) is 6.92 Å². The summed E-state index contributed by atoms with van der Waals surface area (Å²) >= 11 is 3.09. The van der Waals surface area contributed by atoms with Gasteiger partial charge in [0.05, 0.1) is 16.7 Å². The van der Waals surface area contributed by atoms with Gasteiger partial charge in [0.15, 0.2) is 0 Å². The van der Waals surface area contributed by atoms with Crippen molar-refractivity contribution in [2.24, 2.45) is 7.05 Å². The average molecular weight is 336 g/mol. The zero-order valence-electron chi connectivity index (χ0n) is 11.2. The Balaban J connectivity index is 2.46. The van der Waals surface area contributed by atoms with Crippen LogP contribution < -0.4 is 5.32 Å². The maximum absolute atomic E-state index is 12.5. The summed E-state index contributed by atoms with van der Waals surface area (Å²) in [4.78, 5) is 24.1. The molecule has 0 atom stereocenters. The number of amides is 1. The summed E-state index contributed by atoms with van der Waals surface area (Å²) in [5.74, 6) is -0.387. The topological polar surface area (TPSA) is 64.0 Å². The Bertz CT molecular complexity index is 650. The molecule has 0 saturated carbocycles. The molecule has 6 heteroatoms. The minimum absolute atomic E-state index is 0.167. The van der Waals surface area contributed by atoms with Gasteiger partial charge < -0.3 is 5.32 Å². The predicted octanol–water partition coefficient (Wildman–Crippen LogP) is 2.29. The van der Waals surface area contributed by atoms with Crippen LogP contribution in [0.4, 0.5) is 5.69 Å². The number of benzene rings is 1. The van der Waals surface area contributed by atoms with Crippen LogP contribution in [0.3, 0.4) is 0 Å². The third-order valence-corrected chi connectivity index (χ3v) is 3.37. The maximum Gasteiger partial charge on any atom is 0.235 e. The average Bonchev–Trinajstić information content (AvgIpc) is 2.73. The molecule has 104 valence electrons. The zero-order valence-corrected chi connectivity index (χ0v) is 12.8. The lowest BCUT2D eigenvalue weighted by molar-refractivity contribution is -0.113. The van der Waals surface area contributed by atoms with Crippen LogP contribution in [0.2, 0.25) is 0 Å². The second-order valence-electron chi connectivity index (χ2n) is 4.31. The fourth-order valence-corrected chi connectivity index (χ4v) is 2.11. The standard InChI is InChI=1S/C14H14BrN3O2/c1-9-12(16-11(19)8-15)13(18(2)17-9)14(20)10-6-4-3-5-7-10/h3-7H,8H2,1-2H3,(H,16,19). The molecule has 1 aromatic carbocycles. The van der Waals surface area contributed by atoms with Gasteiger partial charge in [0.25, 0.3) is 0 Å². The first kappa shape index (κ1) is 14.5. The number of anilines is 1. The van der Waals surface area contributed by atoms with Gasteiger partial charge in [-0.1, -0.05) is 46.3 Å². The molecule has 5 nitrogen and oxygen atoms in total. The van der Waals surface area contributed by atoms with E-state index in [1.807, 2.05) is 6.07 Å². The number of carbonyl (C=O) groups excluding carboxylic acids is 2. The first-order valence-corrected chi connectivity index (χ1v) is 7.16. The van der Waals surface area contributed by atoms with E-state index in [1.165, 1.54) is 4.68 Å². The van der Waals surface area contributed by atoms with E-state index < -0.39 is 0 Å². The number of nitrogens with zero attached hydrogens (tertiary/aromatic N) is 2. The molecule has 0 unspecified atom stereocenters. The highest BCUT2D eigenvalue weighted by Crippen LogP contribution is 2.22. The smallest absolute Gasteiger partial charge is 0.235 e. The number of aromatic nitrogens is 2. The van der Waals surface area contributed by atoms with Gasteiger partial charge in [-0.25, -0.2) is 0 Å². The lowest BCUT2D eigenvalue weighted by Crippen LogP contribution is -2.17. The van der Waals surface area contributed by atoms with E-state index in [1.54, 1.807) is 38.2 Å². The number of aryl methyl sites for hydroxylation is 2. The Morgan fingerprint density at radius 1 is 1.30 bits per heavy atom. The van der Waals surface area contributed by atoms with Gasteiger partial charge in [-0.3, -0.25) is 14.3 Å². The lowest BCUT2D eigenvalue weighted by atomic mass is 10.1. The maximum atomic E-state index is 12.5. The molecule has 0 aliphatic carbocycles. The molecule has 0 bridgehead atoms. The minimum atomic E-state index is -0.219. The van der Waals surface area contributed by atoms with Crippen LogP contribution in [0.5, 0.6) is 0 Å². The first-order valence-electron chi connectivity index (χ1n) is 6.03. The van der Waals surface area contributed by atoms with Crippen molar-refractivity contribution < 1.29 is 9.59 Å². The first-order chi connectivity index (χ1) is 9.54. The third kappa shape index (κ3) is 2.80. The molecule has 2 rings (SSSR count). The van der Waals surface area contributed by atoms with Gasteiger partial charge >= 0.3 is 0 Å². The van der Waals surface area contributed by atoms with Crippen molar-refractivity contribution in [2.45, 2.75) is 6.92 Å². The highest BCUT2D eigenvalue weighted by molar-refractivity contribution is 9.09. The molecule has 1 aromatic heterocycles. The zero-order chi connectivity index (χ0) is 14.7. The van der Waals surface area contributed by atoms with Crippen LogP contribution in [0, 0.1) is 6.92 Å². The van der Waals surface area contributed by atoms with Crippen LogP contribution >= 0.6 is 15.9 Å². The van der Waals surface area contributed by atoms with E-state index in [0.29, 0.717) is 22.6 Å². The van der Waals surface area contributed by atoms with Gasteiger partial charge in [0.2, 0.25) is 11.7 Å². The summed E-state index contributed by atoms with van der Waals surface area (Å²) in [7, 11) is 1.69. The van der Waals surface area contributed by atoms with Crippen molar-refractivity contribution in [1.29, 1.82) is 0 Å². The molecule has 0 saturated heterocycles. The van der Waals surface area contributed by atoms with E-state index in [4.69, 9.17) is 0 Å². The summed E-state index contributed by atoms with van der Waals surface area (Å²) < 4.78 is 1.49. The summed E-state index contributed by atoms with van der Waals surface area (Å²) in [5.41, 5.74) is 2.01. The van der Waals surface area contributed by atoms with Crippen molar-refractivity contribution in [3.63, 3.8) is 0 Å². The number of carbonyl (C=O) groups is 2. The second kappa shape index (κ2) is 6.00. The fraction of sp³-hybridized carbons (Fsp3) is 0.214. The van der Waals surface area contributed by atoms with Gasteiger partial charge in [-0.2, -0.15) is 5.10 Å². The normalized spacial score (nSPS) is 10.3. The molecule has 1 N–H and O–H groups in total. The molecule has 20 heavy (non-hydrogen) atoms. The molecule has 0 fully saturated rings. The monoisotopic (exact) mass is 335 g/mol. The van der Waals surface area contributed by atoms with Crippen molar-refractivity contribution >= 4 is 33.3 Å². The van der Waals surface area contributed by atoms with Crippen molar-refractivity contribution in [1.82, 2.24) is 9.78 Å². The second-order valence-corrected chi connectivity index (χ2v) is 4.87. The quantitative estimate of drug-likeness (QED) is 0.688. The van der Waals surface area contributed by atoms with Crippen LogP contribution in [0.1, 0.15) is 21.7 Å². The van der Waals surface area contributed by atoms with Crippen LogP contribution in [-0.4, -0.2) is 26.8 Å². The molecule has 0 radical (unpaired) electrons. The van der Waals surface area contributed by atoms with Gasteiger partial charge in [0.1, 0.15) is 5.69 Å². The SMILES string of the molecule is Cc1nn(C)c(C(=O)c2ccccc2)c1NC(=O)CBr. The number of alkyl halides is 1.